The van der Waals surface area contributed by atoms with E-state index < -0.39 is 15.7 Å². The summed E-state index contributed by atoms with van der Waals surface area (Å²) >= 11 is 0. The van der Waals surface area contributed by atoms with E-state index in [0.717, 1.165) is 12.0 Å². The second-order valence-electron chi connectivity index (χ2n) is 5.69. The molecule has 0 aliphatic carbocycles. The van der Waals surface area contributed by atoms with Crippen LogP contribution in [0.1, 0.15) is 39.2 Å². The van der Waals surface area contributed by atoms with Crippen LogP contribution in [0.2, 0.25) is 0 Å². The van der Waals surface area contributed by atoms with Crippen molar-refractivity contribution in [3.8, 4) is 0 Å². The van der Waals surface area contributed by atoms with E-state index in [1.165, 1.54) is 5.57 Å². The highest BCUT2D eigenvalue weighted by molar-refractivity contribution is 7.86. The number of allylic oxidation sites excluding steroid dienone is 2. The van der Waals surface area contributed by atoms with Crippen molar-refractivity contribution in [1.29, 1.82) is 0 Å². The van der Waals surface area contributed by atoms with Crippen molar-refractivity contribution in [2.24, 2.45) is 0 Å². The fourth-order valence-electron chi connectivity index (χ4n) is 1.83. The number of aryl methyl sites for hydroxylation is 1. The van der Waals surface area contributed by atoms with Crippen LogP contribution in [0.15, 0.2) is 53.5 Å². The molecule has 0 amide bonds. The third kappa shape index (κ3) is 5.48. The molecule has 1 rings (SSSR count). The molecule has 0 aromatic heterocycles. The molecule has 1 atom stereocenters. The lowest BCUT2D eigenvalue weighted by Gasteiger charge is -2.25. The maximum absolute atomic E-state index is 12.3. The van der Waals surface area contributed by atoms with Crippen molar-refractivity contribution >= 4 is 10.1 Å². The van der Waals surface area contributed by atoms with Crippen LogP contribution < -0.4 is 0 Å². The van der Waals surface area contributed by atoms with Crippen molar-refractivity contribution in [2.75, 3.05) is 0 Å². The second-order valence-corrected chi connectivity index (χ2v) is 7.23. The molecule has 0 bridgehead atoms. The van der Waals surface area contributed by atoms with Crippen LogP contribution in [0.25, 0.3) is 0 Å². The summed E-state index contributed by atoms with van der Waals surface area (Å²) in [6.45, 7) is 11.4. The Balaban J connectivity index is 2.90. The average Bonchev–Trinajstić information content (AvgIpc) is 2.38. The highest BCUT2D eigenvalue weighted by Crippen LogP contribution is 2.26. The van der Waals surface area contributed by atoms with E-state index in [0.29, 0.717) is 6.42 Å². The molecule has 1 aromatic rings. The van der Waals surface area contributed by atoms with Crippen molar-refractivity contribution in [3.05, 3.63) is 54.1 Å². The zero-order valence-electron chi connectivity index (χ0n) is 13.2. The van der Waals surface area contributed by atoms with Gasteiger partial charge < -0.3 is 0 Å². The zero-order chi connectivity index (χ0) is 16.1. The summed E-state index contributed by atoms with van der Waals surface area (Å²) in [4.78, 5) is 0.170. The predicted molar refractivity (Wildman–Crippen MR) is 86.7 cm³/mol. The van der Waals surface area contributed by atoms with Crippen LogP contribution in [-0.4, -0.2) is 14.0 Å². The Hall–Kier alpha value is -1.39. The molecule has 1 unspecified atom stereocenters. The van der Waals surface area contributed by atoms with Crippen molar-refractivity contribution in [2.45, 2.75) is 51.0 Å². The van der Waals surface area contributed by atoms with E-state index in [1.807, 2.05) is 20.8 Å². The quantitative estimate of drug-likeness (QED) is 0.554. The number of rotatable bonds is 7. The Morgan fingerprint density at radius 2 is 1.86 bits per heavy atom. The van der Waals surface area contributed by atoms with E-state index in [4.69, 9.17) is 4.18 Å². The first-order valence-corrected chi connectivity index (χ1v) is 8.39. The molecule has 0 heterocycles. The summed E-state index contributed by atoms with van der Waals surface area (Å²) in [6, 6.07) is 6.63. The first-order valence-electron chi connectivity index (χ1n) is 6.98. The molecular formula is C17H24O3S. The van der Waals surface area contributed by atoms with E-state index in [-0.39, 0.29) is 4.90 Å². The first kappa shape index (κ1) is 17.7. The highest BCUT2D eigenvalue weighted by atomic mass is 32.2. The lowest BCUT2D eigenvalue weighted by Crippen LogP contribution is -2.29. The molecule has 21 heavy (non-hydrogen) atoms. The number of hydrogen-bond donors (Lipinski definition) is 0. The van der Waals surface area contributed by atoms with E-state index in [9.17, 15) is 8.42 Å². The summed E-state index contributed by atoms with van der Waals surface area (Å²) < 4.78 is 30.1. The smallest absolute Gasteiger partial charge is 0.256 e. The average molecular weight is 308 g/mol. The van der Waals surface area contributed by atoms with E-state index >= 15 is 0 Å². The highest BCUT2D eigenvalue weighted by Gasteiger charge is 2.29. The maximum atomic E-state index is 12.3. The Bertz CT molecular complexity index is 608. The Kier molecular flexibility index (Phi) is 5.93. The summed E-state index contributed by atoms with van der Waals surface area (Å²) in [6.07, 6.45) is 4.92. The van der Waals surface area contributed by atoms with Gasteiger partial charge in [0.2, 0.25) is 0 Å². The third-order valence-corrected chi connectivity index (χ3v) is 4.68. The van der Waals surface area contributed by atoms with Crippen molar-refractivity contribution in [1.82, 2.24) is 0 Å². The molecule has 0 aliphatic rings. The van der Waals surface area contributed by atoms with Crippen LogP contribution in [0, 0.1) is 6.92 Å². The van der Waals surface area contributed by atoms with Gasteiger partial charge in [0.05, 0.1) is 4.90 Å². The number of hydrogen-bond acceptors (Lipinski definition) is 3. The summed E-state index contributed by atoms with van der Waals surface area (Å²) in [5, 5.41) is 0. The molecule has 3 nitrogen and oxygen atoms in total. The molecule has 0 radical (unpaired) electrons. The Morgan fingerprint density at radius 1 is 1.29 bits per heavy atom. The summed E-state index contributed by atoms with van der Waals surface area (Å²) in [5.41, 5.74) is 1.29. The van der Waals surface area contributed by atoms with Gasteiger partial charge in [-0.2, -0.15) is 8.42 Å². The van der Waals surface area contributed by atoms with Crippen LogP contribution in [-0.2, 0) is 14.3 Å². The van der Waals surface area contributed by atoms with Gasteiger partial charge in [-0.25, -0.2) is 0 Å². The fourth-order valence-corrected chi connectivity index (χ4v) is 3.05. The SMILES string of the molecule is C=CC(C)(CCC=C(C)C)OS(=O)(=O)c1ccc(C)cc1. The van der Waals surface area contributed by atoms with E-state index in [1.54, 1.807) is 37.3 Å². The molecule has 0 fully saturated rings. The van der Waals surface area contributed by atoms with Gasteiger partial charge in [0.25, 0.3) is 10.1 Å². The second kappa shape index (κ2) is 7.05. The van der Waals surface area contributed by atoms with Gasteiger partial charge in [-0.15, -0.1) is 6.58 Å². The molecule has 1 aromatic carbocycles. The van der Waals surface area contributed by atoms with Gasteiger partial charge in [-0.1, -0.05) is 35.4 Å². The van der Waals surface area contributed by atoms with Gasteiger partial charge in [-0.3, -0.25) is 4.18 Å². The van der Waals surface area contributed by atoms with E-state index in [2.05, 4.69) is 12.7 Å². The van der Waals surface area contributed by atoms with Crippen LogP contribution >= 0.6 is 0 Å². The first-order chi connectivity index (χ1) is 9.68. The number of benzene rings is 1. The molecule has 0 spiro atoms. The van der Waals surface area contributed by atoms with Gasteiger partial charge in [0, 0.05) is 0 Å². The molecule has 4 heteroatoms. The van der Waals surface area contributed by atoms with Crippen molar-refractivity contribution < 1.29 is 12.6 Å². The minimum absolute atomic E-state index is 0.170. The summed E-state index contributed by atoms with van der Waals surface area (Å²) in [5.74, 6) is 0. The molecule has 0 saturated heterocycles. The lowest BCUT2D eigenvalue weighted by atomic mass is 10.00. The minimum Gasteiger partial charge on any atom is -0.256 e. The maximum Gasteiger partial charge on any atom is 0.297 e. The molecule has 0 aliphatic heterocycles. The molecule has 0 saturated carbocycles. The third-order valence-electron chi connectivity index (χ3n) is 3.23. The fraction of sp³-hybridized carbons (Fsp3) is 0.412. The zero-order valence-corrected chi connectivity index (χ0v) is 14.0. The lowest BCUT2D eigenvalue weighted by molar-refractivity contribution is 0.140. The normalized spacial score (nSPS) is 14.3. The largest absolute Gasteiger partial charge is 0.297 e. The summed E-state index contributed by atoms with van der Waals surface area (Å²) in [7, 11) is -3.79. The Labute approximate surface area is 128 Å². The van der Waals surface area contributed by atoms with Gasteiger partial charge in [0.15, 0.2) is 0 Å². The van der Waals surface area contributed by atoms with Crippen LogP contribution in [0.4, 0.5) is 0 Å². The molecule has 0 N–H and O–H groups in total. The monoisotopic (exact) mass is 308 g/mol. The molecular weight excluding hydrogens is 284 g/mol. The van der Waals surface area contributed by atoms with Crippen LogP contribution in [0.3, 0.4) is 0 Å². The topological polar surface area (TPSA) is 43.4 Å². The van der Waals surface area contributed by atoms with Gasteiger partial charge in [-0.05, 0) is 52.7 Å². The van der Waals surface area contributed by atoms with Crippen LogP contribution in [0.5, 0.6) is 0 Å². The molecule has 116 valence electrons. The van der Waals surface area contributed by atoms with Crippen molar-refractivity contribution in [3.63, 3.8) is 0 Å². The standard InChI is InChI=1S/C17H24O3S/c1-6-17(5,13-7-8-14(2)3)20-21(18,19)16-11-9-15(4)10-12-16/h6,8-12H,1,7,13H2,2-5H3. The minimum atomic E-state index is -3.79. The van der Waals surface area contributed by atoms with Gasteiger partial charge >= 0.3 is 0 Å². The Morgan fingerprint density at radius 3 is 2.33 bits per heavy atom. The van der Waals surface area contributed by atoms with Gasteiger partial charge in [0.1, 0.15) is 5.60 Å². The predicted octanol–water partition coefficient (Wildman–Crippen LogP) is 4.39.